The molecule has 16 heteroatoms. The molecule has 0 spiro atoms. The van der Waals surface area contributed by atoms with E-state index in [2.05, 4.69) is 54.5 Å². The Morgan fingerprint density at radius 3 is 2.25 bits per heavy atom. The van der Waals surface area contributed by atoms with Crippen LogP contribution in [-0.4, -0.2) is 83.9 Å². The third-order valence-electron chi connectivity index (χ3n) is 11.9. The van der Waals surface area contributed by atoms with Gasteiger partial charge in [0.05, 0.1) is 41.7 Å². The number of ether oxygens (including phenoxy) is 2. The van der Waals surface area contributed by atoms with Crippen molar-refractivity contribution in [2.45, 2.75) is 95.5 Å². The lowest BCUT2D eigenvalue weighted by atomic mass is 9.81. The lowest BCUT2D eigenvalue weighted by Crippen LogP contribution is -2.31. The molecule has 3 aromatic carbocycles. The van der Waals surface area contributed by atoms with Crippen LogP contribution in [0.3, 0.4) is 0 Å². The molecular formula is C49H57N4O11S+. The summed E-state index contributed by atoms with van der Waals surface area (Å²) in [5.41, 5.74) is 7.20. The summed E-state index contributed by atoms with van der Waals surface area (Å²) in [6.45, 7) is 13.3. The van der Waals surface area contributed by atoms with Crippen LogP contribution in [0.15, 0.2) is 114 Å². The molecule has 65 heavy (non-hydrogen) atoms. The number of carbonyl (C=O) groups excluding carboxylic acids is 3. The van der Waals surface area contributed by atoms with E-state index in [1.165, 1.54) is 35.4 Å². The predicted octanol–water partition coefficient (Wildman–Crippen LogP) is 8.28. The number of hydroxylamine groups is 2. The maximum Gasteiger partial charge on any atom is 0.333 e. The molecule has 0 unspecified atom stereocenters. The van der Waals surface area contributed by atoms with E-state index in [1.54, 1.807) is 18.2 Å². The van der Waals surface area contributed by atoms with Crippen LogP contribution in [0, 0.1) is 17.0 Å². The Bertz CT molecular complexity index is 2560. The second-order valence-corrected chi connectivity index (χ2v) is 18.7. The fourth-order valence-corrected chi connectivity index (χ4v) is 8.88. The number of aryl methyl sites for hydroxylation is 1. The van der Waals surface area contributed by atoms with Gasteiger partial charge in [-0.05, 0) is 81.1 Å². The molecule has 3 aliphatic rings. The van der Waals surface area contributed by atoms with Gasteiger partial charge in [0.15, 0.2) is 5.71 Å². The average Bonchev–Trinajstić information content (AvgIpc) is 3.76. The summed E-state index contributed by atoms with van der Waals surface area (Å²) >= 11 is 0. The highest BCUT2D eigenvalue weighted by Gasteiger charge is 2.45. The first kappa shape index (κ1) is 48.4. The van der Waals surface area contributed by atoms with E-state index in [4.69, 9.17) is 14.3 Å². The summed E-state index contributed by atoms with van der Waals surface area (Å²) in [6.07, 6.45) is 15.8. The van der Waals surface area contributed by atoms with Gasteiger partial charge < -0.3 is 19.2 Å². The van der Waals surface area contributed by atoms with E-state index in [1.807, 2.05) is 50.3 Å². The van der Waals surface area contributed by atoms with Crippen molar-refractivity contribution in [1.82, 2.24) is 5.06 Å². The van der Waals surface area contributed by atoms with Gasteiger partial charge in [-0.3, -0.25) is 24.3 Å². The first-order valence-electron chi connectivity index (χ1n) is 21.7. The molecule has 0 aromatic heterocycles. The summed E-state index contributed by atoms with van der Waals surface area (Å²) < 4.78 is 47.9. The van der Waals surface area contributed by atoms with Crippen LogP contribution >= 0.6 is 0 Å². The lowest BCUT2D eigenvalue weighted by Gasteiger charge is -2.27. The van der Waals surface area contributed by atoms with Crippen molar-refractivity contribution < 1.29 is 51.2 Å². The molecule has 0 saturated carbocycles. The molecule has 0 bridgehead atoms. The second-order valence-electron chi connectivity index (χ2n) is 17.2. The lowest BCUT2D eigenvalue weighted by molar-refractivity contribution is -0.438. The van der Waals surface area contributed by atoms with Crippen molar-refractivity contribution in [3.05, 3.63) is 141 Å². The number of amides is 2. The molecule has 344 valence electrons. The van der Waals surface area contributed by atoms with Gasteiger partial charge in [-0.2, -0.15) is 13.0 Å². The van der Waals surface area contributed by atoms with Crippen LogP contribution < -0.4 is 4.90 Å². The molecule has 3 aliphatic heterocycles. The molecule has 3 heterocycles. The third-order valence-corrected chi connectivity index (χ3v) is 12.7. The topological polar surface area (TPSA) is 186 Å². The number of rotatable bonds is 21. The number of imide groups is 1. The van der Waals surface area contributed by atoms with Gasteiger partial charge in [0.25, 0.3) is 27.6 Å². The van der Waals surface area contributed by atoms with E-state index in [9.17, 15) is 37.5 Å². The molecule has 15 nitrogen and oxygen atoms in total. The number of nitro groups is 1. The van der Waals surface area contributed by atoms with Gasteiger partial charge in [0.2, 0.25) is 5.69 Å². The monoisotopic (exact) mass is 909 g/mol. The molecule has 1 saturated heterocycles. The van der Waals surface area contributed by atoms with Crippen LogP contribution in [-0.2, 0) is 56.2 Å². The van der Waals surface area contributed by atoms with Crippen LogP contribution in [0.1, 0.15) is 88.5 Å². The molecular weight excluding hydrogens is 853 g/mol. The zero-order valence-electron chi connectivity index (χ0n) is 37.5. The predicted molar refractivity (Wildman–Crippen MR) is 245 cm³/mol. The molecule has 6 rings (SSSR count). The van der Waals surface area contributed by atoms with Gasteiger partial charge in [-0.15, -0.1) is 5.06 Å². The summed E-state index contributed by atoms with van der Waals surface area (Å²) in [7, 11) is -4.43. The minimum Gasteiger partial charge on any atom is -0.377 e. The van der Waals surface area contributed by atoms with E-state index >= 15 is 0 Å². The first-order valence-corrected chi connectivity index (χ1v) is 23.2. The fourth-order valence-electron chi connectivity index (χ4n) is 8.37. The number of non-ortho nitro benzene ring substituents is 1. The van der Waals surface area contributed by atoms with Crippen LogP contribution in [0.4, 0.5) is 17.1 Å². The Morgan fingerprint density at radius 1 is 0.846 bits per heavy atom. The molecule has 0 radical (unpaired) electrons. The minimum absolute atomic E-state index is 0.0331. The second kappa shape index (κ2) is 20.8. The quantitative estimate of drug-likeness (QED) is 0.0205. The highest BCUT2D eigenvalue weighted by atomic mass is 32.2. The highest BCUT2D eigenvalue weighted by Crippen LogP contribution is 2.48. The van der Waals surface area contributed by atoms with Gasteiger partial charge in [-0.25, -0.2) is 4.79 Å². The normalized spacial score (nSPS) is 17.4. The number of unbranched alkanes of at least 4 members (excludes halogenated alkanes) is 2. The van der Waals surface area contributed by atoms with Crippen LogP contribution in [0.5, 0.6) is 0 Å². The standard InChI is InChI=1S/C49H56N4O11S/c1-35-17-23-41-39(32-35)48(2,3)44(51(41)28-29-62-30-31-63-34-36-18-20-37(21-19-36)53(57)58)15-11-8-6-7-10-14-43-49(4,5)40-33-38(65(59,60)61)22-24-42(40)50(43)27-13-9-12-16-47(56)64-52-45(54)25-26-46(52)55/h6-8,10-11,14-15,17-24,32-33H,9,12-13,16,25-31,34H2,1-5H3/p+1. The van der Waals surface area contributed by atoms with Gasteiger partial charge in [0.1, 0.15) is 6.54 Å². The maximum absolute atomic E-state index is 12.3. The Kier molecular flexibility index (Phi) is 15.5. The van der Waals surface area contributed by atoms with Gasteiger partial charge in [-0.1, -0.05) is 61.9 Å². The summed E-state index contributed by atoms with van der Waals surface area (Å²) in [5.74, 6) is -1.68. The average molecular weight is 910 g/mol. The number of anilines is 1. The molecule has 1 fully saturated rings. The zero-order valence-corrected chi connectivity index (χ0v) is 38.3. The van der Waals surface area contributed by atoms with Crippen LogP contribution in [0.25, 0.3) is 0 Å². The minimum atomic E-state index is -4.43. The van der Waals surface area contributed by atoms with E-state index < -0.39 is 38.2 Å². The molecule has 0 aliphatic carbocycles. The number of hydrogen-bond donors (Lipinski definition) is 1. The smallest absolute Gasteiger partial charge is 0.333 e. The number of hydrogen-bond acceptors (Lipinski definition) is 11. The van der Waals surface area contributed by atoms with Crippen molar-refractivity contribution in [3.63, 3.8) is 0 Å². The van der Waals surface area contributed by atoms with Crippen molar-refractivity contribution in [2.75, 3.05) is 37.8 Å². The number of fused-ring (bicyclic) bond motifs is 2. The Labute approximate surface area is 380 Å². The molecule has 3 aromatic rings. The number of nitrogens with zero attached hydrogens (tertiary/aromatic N) is 4. The van der Waals surface area contributed by atoms with E-state index in [0.717, 1.165) is 33.9 Å². The van der Waals surface area contributed by atoms with Gasteiger partial charge >= 0.3 is 5.97 Å². The summed E-state index contributed by atoms with van der Waals surface area (Å²) in [5, 5.41) is 11.5. The number of benzene rings is 3. The molecule has 1 N–H and O–H groups in total. The number of allylic oxidation sites excluding steroid dienone is 8. The Hall–Kier alpha value is -6.07. The fraction of sp³-hybridized carbons (Fsp3) is 0.388. The maximum atomic E-state index is 12.3. The van der Waals surface area contributed by atoms with Crippen LogP contribution in [0.2, 0.25) is 0 Å². The number of nitro benzene ring substituents is 1. The van der Waals surface area contributed by atoms with Crippen molar-refractivity contribution in [2.24, 2.45) is 0 Å². The largest absolute Gasteiger partial charge is 0.377 e. The first-order chi connectivity index (χ1) is 30.9. The summed E-state index contributed by atoms with van der Waals surface area (Å²) in [4.78, 5) is 53.5. The molecule has 0 atom stereocenters. The van der Waals surface area contributed by atoms with Crippen molar-refractivity contribution in [3.8, 4) is 0 Å². The highest BCUT2D eigenvalue weighted by molar-refractivity contribution is 7.85. The SMILES string of the molecule is Cc1ccc2c(c1)C(C)(C)C(=CC=CC=CC=CC1=[N+](CCCCCC(=O)ON3C(=O)CCC3=O)c3ccc(S(=O)(=O)O)cc3C1(C)C)N2CCOCCOCc1ccc([N+](=O)[O-])cc1. The Morgan fingerprint density at radius 2 is 1.54 bits per heavy atom. The van der Waals surface area contributed by atoms with E-state index in [0.29, 0.717) is 63.8 Å². The zero-order chi connectivity index (χ0) is 46.9. The van der Waals surface area contributed by atoms with Crippen molar-refractivity contribution >= 4 is 50.7 Å². The van der Waals surface area contributed by atoms with Gasteiger partial charge in [0, 0.05) is 78.9 Å². The molecule has 2 amide bonds. The summed E-state index contributed by atoms with van der Waals surface area (Å²) in [6, 6.07) is 17.4. The van der Waals surface area contributed by atoms with Crippen molar-refractivity contribution in [1.29, 1.82) is 0 Å². The van der Waals surface area contributed by atoms with E-state index in [-0.39, 0.29) is 35.3 Å². The Balaban J connectivity index is 1.09. The third kappa shape index (κ3) is 11.6. The number of carbonyl (C=O) groups is 3.